The summed E-state index contributed by atoms with van der Waals surface area (Å²) in [6.45, 7) is 2.22. The molecule has 0 saturated heterocycles. The van der Waals surface area contributed by atoms with Crippen LogP contribution in [0.2, 0.25) is 0 Å². The van der Waals surface area contributed by atoms with Crippen LogP contribution in [0.3, 0.4) is 0 Å². The number of thioether (sulfide) groups is 1. The van der Waals surface area contributed by atoms with Crippen molar-refractivity contribution >= 4 is 33.1 Å². The molecule has 1 fully saturated rings. The van der Waals surface area contributed by atoms with Crippen molar-refractivity contribution in [1.29, 1.82) is 0 Å². The van der Waals surface area contributed by atoms with Crippen LogP contribution in [-0.2, 0) is 16.6 Å². The molecule has 0 radical (unpaired) electrons. The summed E-state index contributed by atoms with van der Waals surface area (Å²) in [5.41, 5.74) is 5.57. The minimum absolute atomic E-state index is 0.0723. The van der Waals surface area contributed by atoms with E-state index in [4.69, 9.17) is 5.73 Å². The van der Waals surface area contributed by atoms with Gasteiger partial charge >= 0.3 is 0 Å². The van der Waals surface area contributed by atoms with Gasteiger partial charge in [0.05, 0.1) is 4.90 Å². The molecule has 0 aromatic carbocycles. The van der Waals surface area contributed by atoms with Crippen LogP contribution in [0.5, 0.6) is 0 Å². The predicted octanol–water partition coefficient (Wildman–Crippen LogP) is 2.08. The van der Waals surface area contributed by atoms with E-state index in [2.05, 4.69) is 11.0 Å². The van der Waals surface area contributed by atoms with E-state index < -0.39 is 10.0 Å². The Morgan fingerprint density at radius 3 is 2.79 bits per heavy atom. The van der Waals surface area contributed by atoms with Crippen molar-refractivity contribution in [3.8, 4) is 0 Å². The van der Waals surface area contributed by atoms with Crippen molar-refractivity contribution in [1.82, 2.24) is 4.72 Å². The molecule has 1 aromatic rings. The van der Waals surface area contributed by atoms with Gasteiger partial charge in [-0.2, -0.15) is 11.8 Å². The molecule has 7 heteroatoms. The van der Waals surface area contributed by atoms with Crippen LogP contribution in [0.25, 0.3) is 0 Å². The second kappa shape index (κ2) is 6.13. The molecule has 0 aliphatic heterocycles. The predicted molar refractivity (Wildman–Crippen MR) is 82.2 cm³/mol. The number of hydrogen-bond donors (Lipinski definition) is 2. The quantitative estimate of drug-likeness (QED) is 0.871. The van der Waals surface area contributed by atoms with E-state index in [1.807, 2.05) is 18.7 Å². The molecule has 1 aromatic heterocycles. The van der Waals surface area contributed by atoms with E-state index in [9.17, 15) is 8.42 Å². The summed E-state index contributed by atoms with van der Waals surface area (Å²) in [5.74, 6) is 0. The van der Waals surface area contributed by atoms with Gasteiger partial charge in [0, 0.05) is 27.6 Å². The summed E-state index contributed by atoms with van der Waals surface area (Å²) < 4.78 is 27.6. The lowest BCUT2D eigenvalue weighted by Gasteiger charge is -2.13. The lowest BCUT2D eigenvalue weighted by Crippen LogP contribution is -2.33. The highest BCUT2D eigenvalue weighted by atomic mass is 32.2. The average Bonchev–Trinajstić information content (AvgIpc) is 2.95. The molecule has 1 saturated carbocycles. The summed E-state index contributed by atoms with van der Waals surface area (Å²) >= 11 is 3.28. The summed E-state index contributed by atoms with van der Waals surface area (Å²) in [6.07, 6.45) is 5.02. The summed E-state index contributed by atoms with van der Waals surface area (Å²) in [7, 11) is -3.40. The normalized spacial score (nSPS) is 23.9. The maximum atomic E-state index is 12.4. The minimum Gasteiger partial charge on any atom is -0.326 e. The Morgan fingerprint density at radius 1 is 1.53 bits per heavy atom. The highest BCUT2D eigenvalue weighted by Gasteiger charge is 2.29. The zero-order valence-corrected chi connectivity index (χ0v) is 13.6. The SMILES string of the molecule is CSC1CCC(NS(=O)(=O)c2cc(CN)sc2C)C1. The van der Waals surface area contributed by atoms with Crippen LogP contribution >= 0.6 is 23.1 Å². The standard InChI is InChI=1S/C12H20N2O2S3/c1-8-12(6-11(7-13)18-8)19(15,16)14-9-3-4-10(5-9)17-2/h6,9-10,14H,3-5,7,13H2,1-2H3. The molecular weight excluding hydrogens is 300 g/mol. The van der Waals surface area contributed by atoms with Crippen molar-refractivity contribution in [2.45, 2.75) is 48.9 Å². The van der Waals surface area contributed by atoms with Crippen LogP contribution in [0.1, 0.15) is 29.0 Å². The number of nitrogens with two attached hydrogens (primary N) is 1. The molecule has 19 heavy (non-hydrogen) atoms. The van der Waals surface area contributed by atoms with Crippen molar-refractivity contribution in [2.75, 3.05) is 6.26 Å². The van der Waals surface area contributed by atoms with E-state index in [1.165, 1.54) is 11.3 Å². The highest BCUT2D eigenvalue weighted by Crippen LogP contribution is 2.30. The molecule has 2 atom stereocenters. The van der Waals surface area contributed by atoms with Gasteiger partial charge in [-0.25, -0.2) is 13.1 Å². The second-order valence-corrected chi connectivity index (χ2v) is 8.99. The fraction of sp³-hybridized carbons (Fsp3) is 0.667. The fourth-order valence-electron chi connectivity index (χ4n) is 2.44. The zero-order valence-electron chi connectivity index (χ0n) is 11.2. The lowest BCUT2D eigenvalue weighted by molar-refractivity contribution is 0.552. The Morgan fingerprint density at radius 2 is 2.26 bits per heavy atom. The van der Waals surface area contributed by atoms with Gasteiger partial charge in [-0.05, 0) is 38.5 Å². The first-order valence-corrected chi connectivity index (χ1v) is 9.89. The highest BCUT2D eigenvalue weighted by molar-refractivity contribution is 7.99. The van der Waals surface area contributed by atoms with E-state index in [-0.39, 0.29) is 6.04 Å². The molecule has 3 N–H and O–H groups in total. The summed E-state index contributed by atoms with van der Waals surface area (Å²) in [6, 6.07) is 1.77. The van der Waals surface area contributed by atoms with E-state index in [1.54, 1.807) is 6.07 Å². The molecular formula is C12H20N2O2S3. The van der Waals surface area contributed by atoms with Gasteiger partial charge in [-0.1, -0.05) is 0 Å². The third kappa shape index (κ3) is 3.52. The molecule has 108 valence electrons. The molecule has 0 spiro atoms. The number of thiophene rings is 1. The van der Waals surface area contributed by atoms with Crippen molar-refractivity contribution in [3.63, 3.8) is 0 Å². The van der Waals surface area contributed by atoms with Gasteiger partial charge in [0.2, 0.25) is 10.0 Å². The number of rotatable bonds is 5. The maximum Gasteiger partial charge on any atom is 0.241 e. The van der Waals surface area contributed by atoms with Crippen LogP contribution in [0.4, 0.5) is 0 Å². The molecule has 2 rings (SSSR count). The first-order valence-electron chi connectivity index (χ1n) is 6.30. The molecule has 1 aliphatic rings. The van der Waals surface area contributed by atoms with Gasteiger partial charge in [-0.15, -0.1) is 11.3 Å². The smallest absolute Gasteiger partial charge is 0.241 e. The number of sulfonamides is 1. The monoisotopic (exact) mass is 320 g/mol. The minimum atomic E-state index is -3.40. The maximum absolute atomic E-state index is 12.4. The number of aryl methyl sites for hydroxylation is 1. The van der Waals surface area contributed by atoms with Crippen LogP contribution in [0, 0.1) is 6.92 Å². The first-order chi connectivity index (χ1) is 8.96. The number of hydrogen-bond acceptors (Lipinski definition) is 5. The molecule has 2 unspecified atom stereocenters. The summed E-state index contributed by atoms with van der Waals surface area (Å²) in [5, 5.41) is 0.580. The largest absolute Gasteiger partial charge is 0.326 e. The van der Waals surface area contributed by atoms with Crippen LogP contribution < -0.4 is 10.5 Å². The van der Waals surface area contributed by atoms with Gasteiger partial charge in [0.25, 0.3) is 0 Å². The topological polar surface area (TPSA) is 72.2 Å². The molecule has 0 bridgehead atoms. The third-order valence-corrected chi connectivity index (χ3v) is 7.40. The van der Waals surface area contributed by atoms with Gasteiger partial charge in [-0.3, -0.25) is 0 Å². The third-order valence-electron chi connectivity index (χ3n) is 3.45. The van der Waals surface area contributed by atoms with Crippen molar-refractivity contribution in [3.05, 3.63) is 15.8 Å². The Labute approximate surface area is 123 Å². The Bertz CT molecular complexity index is 539. The Hall–Kier alpha value is -0.0800. The number of nitrogens with one attached hydrogen (secondary N) is 1. The zero-order chi connectivity index (χ0) is 14.0. The lowest BCUT2D eigenvalue weighted by atomic mass is 10.3. The summed E-state index contributed by atoms with van der Waals surface area (Å²) in [4.78, 5) is 2.12. The first kappa shape index (κ1) is 15.3. The van der Waals surface area contributed by atoms with Crippen LogP contribution in [-0.4, -0.2) is 26.0 Å². The Balaban J connectivity index is 2.12. The Kier molecular flexibility index (Phi) is 4.94. The molecule has 0 amide bonds. The van der Waals surface area contributed by atoms with E-state index in [0.29, 0.717) is 16.7 Å². The molecule has 1 aliphatic carbocycles. The second-order valence-electron chi connectivity index (χ2n) is 4.83. The van der Waals surface area contributed by atoms with Gasteiger partial charge in [0.1, 0.15) is 0 Å². The van der Waals surface area contributed by atoms with Gasteiger partial charge in [0.15, 0.2) is 0 Å². The fourth-order valence-corrected chi connectivity index (χ4v) is 6.03. The molecule has 1 heterocycles. The van der Waals surface area contributed by atoms with Crippen molar-refractivity contribution < 1.29 is 8.42 Å². The molecule has 4 nitrogen and oxygen atoms in total. The van der Waals surface area contributed by atoms with E-state index >= 15 is 0 Å². The van der Waals surface area contributed by atoms with Crippen molar-refractivity contribution in [2.24, 2.45) is 5.73 Å². The van der Waals surface area contributed by atoms with Crippen LogP contribution in [0.15, 0.2) is 11.0 Å². The van der Waals surface area contributed by atoms with Gasteiger partial charge < -0.3 is 5.73 Å². The van der Waals surface area contributed by atoms with E-state index in [0.717, 1.165) is 29.0 Å². The average molecular weight is 321 g/mol.